The maximum absolute atomic E-state index is 13.4. The summed E-state index contributed by atoms with van der Waals surface area (Å²) in [4.78, 5) is 8.86. The van der Waals surface area contributed by atoms with Crippen LogP contribution in [-0.2, 0) is 0 Å². The largest absolute Gasteiger partial charge is 0.479 e. The van der Waals surface area contributed by atoms with Gasteiger partial charge >= 0.3 is 0 Å². The van der Waals surface area contributed by atoms with Gasteiger partial charge in [0, 0.05) is 6.20 Å². The van der Waals surface area contributed by atoms with Crippen LogP contribution in [0.15, 0.2) is 55.0 Å². The zero-order valence-corrected chi connectivity index (χ0v) is 19.7. The van der Waals surface area contributed by atoms with Gasteiger partial charge in [-0.1, -0.05) is 12.1 Å². The molecule has 4 rings (SSSR count). The highest BCUT2D eigenvalue weighted by Gasteiger charge is 2.29. The number of methoxy groups -OCH3 is 1. The molecule has 34 heavy (non-hydrogen) atoms. The molecule has 8 nitrogen and oxygen atoms in total. The summed E-state index contributed by atoms with van der Waals surface area (Å²) in [6.07, 6.45) is 3.60. The number of aryl methyl sites for hydroxylation is 2. The zero-order chi connectivity index (χ0) is 24.5. The van der Waals surface area contributed by atoms with Crippen molar-refractivity contribution in [2.75, 3.05) is 12.4 Å². The summed E-state index contributed by atoms with van der Waals surface area (Å²) in [6.45, 7) is 7.18. The normalized spacial score (nSPS) is 12.4. The smallest absolute Gasteiger partial charge is 0.238 e. The first-order chi connectivity index (χ1) is 16.2. The molecule has 0 aliphatic carbocycles. The molecule has 0 saturated carbocycles. The molecule has 9 heteroatoms. The number of ether oxygens (including phenoxy) is 1. The lowest BCUT2D eigenvalue weighted by Gasteiger charge is -2.31. The summed E-state index contributed by atoms with van der Waals surface area (Å²) in [5.74, 6) is 0.614. The summed E-state index contributed by atoms with van der Waals surface area (Å²) in [5, 5.41) is 22.7. The number of halogens is 1. The Labute approximate surface area is 197 Å². The molecule has 0 aliphatic heterocycles. The van der Waals surface area contributed by atoms with E-state index in [-0.39, 0.29) is 5.82 Å². The number of rotatable bonds is 7. The third kappa shape index (κ3) is 4.89. The van der Waals surface area contributed by atoms with E-state index in [0.29, 0.717) is 23.1 Å². The van der Waals surface area contributed by atoms with Crippen molar-refractivity contribution in [1.82, 2.24) is 24.7 Å². The van der Waals surface area contributed by atoms with Crippen LogP contribution in [0.25, 0.3) is 17.1 Å². The summed E-state index contributed by atoms with van der Waals surface area (Å²) >= 11 is 0. The number of aromatic nitrogens is 5. The Morgan fingerprint density at radius 2 is 1.79 bits per heavy atom. The van der Waals surface area contributed by atoms with Crippen LogP contribution >= 0.6 is 0 Å². The SMILES string of the molecule is COc1nc(-c2cc(C)c(N[C@H](c3ccc(F)cc3)C(C)(C)O)nn2)ccc1-n1cnc(C)c1. The minimum Gasteiger partial charge on any atom is -0.479 e. The van der Waals surface area contributed by atoms with E-state index in [1.54, 1.807) is 39.4 Å². The van der Waals surface area contributed by atoms with E-state index < -0.39 is 11.6 Å². The van der Waals surface area contributed by atoms with Gasteiger partial charge in [-0.15, -0.1) is 10.2 Å². The van der Waals surface area contributed by atoms with Crippen molar-refractivity contribution in [3.63, 3.8) is 0 Å². The van der Waals surface area contributed by atoms with Crippen LogP contribution in [0.2, 0.25) is 0 Å². The summed E-state index contributed by atoms with van der Waals surface area (Å²) in [5.41, 5.74) is 3.25. The van der Waals surface area contributed by atoms with Gasteiger partial charge in [0.25, 0.3) is 0 Å². The highest BCUT2D eigenvalue weighted by molar-refractivity contribution is 5.61. The molecule has 0 fully saturated rings. The molecule has 3 heterocycles. The van der Waals surface area contributed by atoms with Crippen molar-refractivity contribution in [2.45, 2.75) is 39.3 Å². The minimum atomic E-state index is -1.14. The molecular formula is C25H27FN6O2. The number of nitrogens with zero attached hydrogens (tertiary/aromatic N) is 5. The molecule has 1 atom stereocenters. The topological polar surface area (TPSA) is 98.0 Å². The molecule has 0 unspecified atom stereocenters. The average molecular weight is 463 g/mol. The van der Waals surface area contributed by atoms with Crippen LogP contribution in [0.1, 0.15) is 36.7 Å². The van der Waals surface area contributed by atoms with Gasteiger partial charge in [-0.05, 0) is 69.2 Å². The predicted molar refractivity (Wildman–Crippen MR) is 127 cm³/mol. The van der Waals surface area contributed by atoms with Crippen LogP contribution in [0.5, 0.6) is 5.88 Å². The first-order valence-electron chi connectivity index (χ1n) is 10.8. The lowest BCUT2D eigenvalue weighted by atomic mass is 9.91. The molecule has 3 aromatic heterocycles. The zero-order valence-electron chi connectivity index (χ0n) is 19.7. The fraction of sp³-hybridized carbons (Fsp3) is 0.280. The van der Waals surface area contributed by atoms with Gasteiger partial charge in [-0.3, -0.25) is 0 Å². The van der Waals surface area contributed by atoms with Crippen LogP contribution < -0.4 is 10.1 Å². The molecule has 2 N–H and O–H groups in total. The van der Waals surface area contributed by atoms with Crippen molar-refractivity contribution < 1.29 is 14.2 Å². The van der Waals surface area contributed by atoms with Gasteiger partial charge in [-0.2, -0.15) is 0 Å². The Balaban J connectivity index is 1.63. The summed E-state index contributed by atoms with van der Waals surface area (Å²) in [7, 11) is 1.57. The molecular weight excluding hydrogens is 435 g/mol. The molecule has 176 valence electrons. The second-order valence-electron chi connectivity index (χ2n) is 8.69. The number of pyridine rings is 1. The summed E-state index contributed by atoms with van der Waals surface area (Å²) in [6, 6.07) is 11.1. The summed E-state index contributed by atoms with van der Waals surface area (Å²) < 4.78 is 20.7. The second kappa shape index (κ2) is 9.18. The standard InChI is InChI=1S/C25H27FN6O2/c1-15-12-20(19-10-11-21(24(28-19)34-5)32-13-16(2)27-14-32)30-31-23(15)29-22(25(3,4)33)17-6-8-18(26)9-7-17/h6-14,22,33H,1-5H3,(H,29,31)/t22-/m1/s1. The first-order valence-corrected chi connectivity index (χ1v) is 10.8. The van der Waals surface area contributed by atoms with Crippen molar-refractivity contribution in [2.24, 2.45) is 0 Å². The fourth-order valence-corrected chi connectivity index (χ4v) is 3.69. The molecule has 0 bridgehead atoms. The molecule has 0 aliphatic rings. The van der Waals surface area contributed by atoms with E-state index in [4.69, 9.17) is 4.74 Å². The number of aliphatic hydroxyl groups is 1. The van der Waals surface area contributed by atoms with Crippen molar-refractivity contribution in [3.8, 4) is 23.0 Å². The van der Waals surface area contributed by atoms with Gasteiger partial charge in [0.2, 0.25) is 5.88 Å². The van der Waals surface area contributed by atoms with E-state index >= 15 is 0 Å². The Hall–Kier alpha value is -3.85. The number of hydrogen-bond donors (Lipinski definition) is 2. The Kier molecular flexibility index (Phi) is 6.30. The van der Waals surface area contributed by atoms with Crippen LogP contribution in [0, 0.1) is 19.7 Å². The number of imidazole rings is 1. The lowest BCUT2D eigenvalue weighted by Crippen LogP contribution is -2.35. The van der Waals surface area contributed by atoms with E-state index in [1.165, 1.54) is 12.1 Å². The quantitative estimate of drug-likeness (QED) is 0.420. The predicted octanol–water partition coefficient (Wildman–Crippen LogP) is 4.41. The van der Waals surface area contributed by atoms with E-state index in [1.807, 2.05) is 42.8 Å². The minimum absolute atomic E-state index is 0.337. The van der Waals surface area contributed by atoms with Gasteiger partial charge in [0.05, 0.1) is 36.5 Å². The fourth-order valence-electron chi connectivity index (χ4n) is 3.69. The Morgan fingerprint density at radius 3 is 2.38 bits per heavy atom. The number of benzene rings is 1. The highest BCUT2D eigenvalue weighted by atomic mass is 19.1. The number of anilines is 1. The molecule has 0 saturated heterocycles. The van der Waals surface area contributed by atoms with Crippen LogP contribution in [0.3, 0.4) is 0 Å². The molecule has 0 radical (unpaired) electrons. The Bertz CT molecular complexity index is 1300. The number of hydrogen-bond acceptors (Lipinski definition) is 7. The molecule has 1 aromatic carbocycles. The maximum atomic E-state index is 13.4. The van der Waals surface area contributed by atoms with E-state index in [0.717, 1.165) is 22.5 Å². The van der Waals surface area contributed by atoms with Crippen molar-refractivity contribution >= 4 is 5.82 Å². The van der Waals surface area contributed by atoms with Crippen molar-refractivity contribution in [3.05, 3.63) is 77.6 Å². The van der Waals surface area contributed by atoms with Gasteiger partial charge in [0.1, 0.15) is 17.2 Å². The van der Waals surface area contributed by atoms with Gasteiger partial charge in [0.15, 0.2) is 5.82 Å². The number of nitrogens with one attached hydrogen (secondary N) is 1. The average Bonchev–Trinajstić information content (AvgIpc) is 3.24. The molecule has 4 aromatic rings. The van der Waals surface area contributed by atoms with Crippen LogP contribution in [-0.4, -0.2) is 42.5 Å². The van der Waals surface area contributed by atoms with Crippen molar-refractivity contribution in [1.29, 1.82) is 0 Å². The lowest BCUT2D eigenvalue weighted by molar-refractivity contribution is 0.0587. The second-order valence-corrected chi connectivity index (χ2v) is 8.69. The first kappa shape index (κ1) is 23.3. The third-order valence-corrected chi connectivity index (χ3v) is 5.46. The maximum Gasteiger partial charge on any atom is 0.238 e. The van der Waals surface area contributed by atoms with E-state index in [2.05, 4.69) is 25.5 Å². The molecule has 0 spiro atoms. The Morgan fingerprint density at radius 1 is 1.06 bits per heavy atom. The van der Waals surface area contributed by atoms with E-state index in [9.17, 15) is 9.50 Å². The third-order valence-electron chi connectivity index (χ3n) is 5.46. The monoisotopic (exact) mass is 462 g/mol. The van der Waals surface area contributed by atoms with Gasteiger partial charge < -0.3 is 19.7 Å². The van der Waals surface area contributed by atoms with Gasteiger partial charge in [-0.25, -0.2) is 14.4 Å². The van der Waals surface area contributed by atoms with Crippen LogP contribution in [0.4, 0.5) is 10.2 Å². The highest BCUT2D eigenvalue weighted by Crippen LogP contribution is 2.31. The molecule has 0 amide bonds.